The Kier molecular flexibility index (Phi) is 3.74. The SMILES string of the molecule is COc1ccc(N)cc1-c1ccc(C(=O)NC(C)=O)o1. The van der Waals surface area contributed by atoms with Crippen LogP contribution in [0.5, 0.6) is 5.75 Å². The number of anilines is 1. The number of carbonyl (C=O) groups is 2. The van der Waals surface area contributed by atoms with Crippen LogP contribution in [0.3, 0.4) is 0 Å². The lowest BCUT2D eigenvalue weighted by molar-refractivity contribution is -0.118. The fourth-order valence-electron chi connectivity index (χ4n) is 1.74. The summed E-state index contributed by atoms with van der Waals surface area (Å²) < 4.78 is 10.6. The van der Waals surface area contributed by atoms with Gasteiger partial charge in [-0.25, -0.2) is 0 Å². The molecule has 0 atom stereocenters. The summed E-state index contributed by atoms with van der Waals surface area (Å²) in [5, 5.41) is 2.14. The number of nitrogens with two attached hydrogens (primary N) is 1. The average Bonchev–Trinajstić information content (AvgIpc) is 2.87. The van der Waals surface area contributed by atoms with Gasteiger partial charge in [-0.05, 0) is 30.3 Å². The van der Waals surface area contributed by atoms with Crippen molar-refractivity contribution in [2.45, 2.75) is 6.92 Å². The Labute approximate surface area is 115 Å². The van der Waals surface area contributed by atoms with Crippen molar-refractivity contribution in [3.05, 3.63) is 36.1 Å². The quantitative estimate of drug-likeness (QED) is 0.832. The molecule has 2 rings (SSSR count). The highest BCUT2D eigenvalue weighted by atomic mass is 16.5. The number of nitrogens with one attached hydrogen (secondary N) is 1. The maximum absolute atomic E-state index is 11.6. The molecular weight excluding hydrogens is 260 g/mol. The number of imide groups is 1. The molecule has 104 valence electrons. The van der Waals surface area contributed by atoms with Gasteiger partial charge in [0.1, 0.15) is 11.5 Å². The van der Waals surface area contributed by atoms with Crippen LogP contribution in [-0.4, -0.2) is 18.9 Å². The summed E-state index contributed by atoms with van der Waals surface area (Å²) in [6.07, 6.45) is 0. The Morgan fingerprint density at radius 1 is 1.25 bits per heavy atom. The number of furan rings is 1. The normalized spacial score (nSPS) is 10.1. The van der Waals surface area contributed by atoms with Crippen molar-refractivity contribution in [1.29, 1.82) is 0 Å². The predicted molar refractivity (Wildman–Crippen MR) is 73.3 cm³/mol. The lowest BCUT2D eigenvalue weighted by atomic mass is 10.1. The molecule has 0 aliphatic heterocycles. The third-order valence-electron chi connectivity index (χ3n) is 2.61. The monoisotopic (exact) mass is 274 g/mol. The van der Waals surface area contributed by atoms with Gasteiger partial charge in [0.25, 0.3) is 5.91 Å². The van der Waals surface area contributed by atoms with E-state index >= 15 is 0 Å². The van der Waals surface area contributed by atoms with Gasteiger partial charge < -0.3 is 14.9 Å². The van der Waals surface area contributed by atoms with Crippen molar-refractivity contribution in [3.8, 4) is 17.1 Å². The third kappa shape index (κ3) is 2.80. The van der Waals surface area contributed by atoms with E-state index in [2.05, 4.69) is 5.32 Å². The van der Waals surface area contributed by atoms with Crippen LogP contribution in [-0.2, 0) is 4.79 Å². The van der Waals surface area contributed by atoms with Crippen LogP contribution in [0.1, 0.15) is 17.5 Å². The molecule has 3 N–H and O–H groups in total. The first-order chi connectivity index (χ1) is 9.51. The second-order valence-corrected chi connectivity index (χ2v) is 4.13. The zero-order valence-electron chi connectivity index (χ0n) is 11.1. The number of hydrogen-bond acceptors (Lipinski definition) is 5. The van der Waals surface area contributed by atoms with Gasteiger partial charge in [-0.15, -0.1) is 0 Å². The van der Waals surface area contributed by atoms with Crippen molar-refractivity contribution in [3.63, 3.8) is 0 Å². The van der Waals surface area contributed by atoms with Crippen molar-refractivity contribution in [2.75, 3.05) is 12.8 Å². The Balaban J connectivity index is 2.36. The number of carbonyl (C=O) groups excluding carboxylic acids is 2. The molecule has 0 radical (unpaired) electrons. The van der Waals surface area contributed by atoms with Crippen LogP contribution in [0, 0.1) is 0 Å². The van der Waals surface area contributed by atoms with E-state index in [4.69, 9.17) is 14.9 Å². The van der Waals surface area contributed by atoms with Gasteiger partial charge in [0.15, 0.2) is 5.76 Å². The molecule has 20 heavy (non-hydrogen) atoms. The van der Waals surface area contributed by atoms with Gasteiger partial charge in [-0.3, -0.25) is 14.9 Å². The molecule has 6 heteroatoms. The van der Waals surface area contributed by atoms with E-state index in [1.54, 1.807) is 24.3 Å². The molecule has 6 nitrogen and oxygen atoms in total. The average molecular weight is 274 g/mol. The summed E-state index contributed by atoms with van der Waals surface area (Å²) in [5.41, 5.74) is 6.91. The Hall–Kier alpha value is -2.76. The van der Waals surface area contributed by atoms with E-state index in [1.807, 2.05) is 0 Å². The first kappa shape index (κ1) is 13.7. The summed E-state index contributed by atoms with van der Waals surface area (Å²) in [6.45, 7) is 1.25. The van der Waals surface area contributed by atoms with Gasteiger partial charge in [-0.1, -0.05) is 0 Å². The second-order valence-electron chi connectivity index (χ2n) is 4.13. The minimum atomic E-state index is -0.591. The molecule has 0 aliphatic rings. The van der Waals surface area contributed by atoms with E-state index in [0.717, 1.165) is 0 Å². The number of methoxy groups -OCH3 is 1. The lowest BCUT2D eigenvalue weighted by Crippen LogP contribution is -2.27. The number of hydrogen-bond donors (Lipinski definition) is 2. The fourth-order valence-corrected chi connectivity index (χ4v) is 1.74. The topological polar surface area (TPSA) is 94.6 Å². The molecule has 0 bridgehead atoms. The Bertz CT molecular complexity index is 661. The standard InChI is InChI=1S/C14H14N2O4/c1-8(17)16-14(18)13-6-5-12(20-13)10-7-9(15)3-4-11(10)19-2/h3-7H,15H2,1-2H3,(H,16,17,18). The number of ether oxygens (including phenoxy) is 1. The van der Waals surface area contributed by atoms with E-state index < -0.39 is 11.8 Å². The number of rotatable bonds is 3. The van der Waals surface area contributed by atoms with E-state index in [9.17, 15) is 9.59 Å². The molecule has 0 fully saturated rings. The van der Waals surface area contributed by atoms with Crippen LogP contribution in [0.2, 0.25) is 0 Å². The highest BCUT2D eigenvalue weighted by Gasteiger charge is 2.15. The van der Waals surface area contributed by atoms with Crippen molar-refractivity contribution in [2.24, 2.45) is 0 Å². The van der Waals surface area contributed by atoms with Crippen LogP contribution in [0.25, 0.3) is 11.3 Å². The number of nitrogen functional groups attached to an aromatic ring is 1. The van der Waals surface area contributed by atoms with E-state index in [0.29, 0.717) is 22.8 Å². The molecule has 1 aromatic heterocycles. The smallest absolute Gasteiger partial charge is 0.293 e. The predicted octanol–water partition coefficient (Wildman–Crippen LogP) is 1.81. The molecule has 2 amide bonds. The molecule has 0 aliphatic carbocycles. The molecule has 1 heterocycles. The minimum Gasteiger partial charge on any atom is -0.496 e. The first-order valence-electron chi connectivity index (χ1n) is 5.87. The minimum absolute atomic E-state index is 0.0414. The maximum Gasteiger partial charge on any atom is 0.293 e. The largest absolute Gasteiger partial charge is 0.496 e. The molecular formula is C14H14N2O4. The van der Waals surface area contributed by atoms with Gasteiger partial charge >= 0.3 is 0 Å². The van der Waals surface area contributed by atoms with Gasteiger partial charge in [0.2, 0.25) is 5.91 Å². The lowest BCUT2D eigenvalue weighted by Gasteiger charge is -2.06. The molecule has 0 saturated carbocycles. The van der Waals surface area contributed by atoms with Crippen molar-refractivity contribution >= 4 is 17.5 Å². The first-order valence-corrected chi connectivity index (χ1v) is 5.87. The number of benzene rings is 1. The van der Waals surface area contributed by atoms with Crippen molar-refractivity contribution < 1.29 is 18.7 Å². The molecule has 2 aromatic rings. The highest BCUT2D eigenvalue weighted by molar-refractivity contribution is 6.02. The summed E-state index contributed by atoms with van der Waals surface area (Å²) in [5.74, 6) is 0.00992. The fraction of sp³-hybridized carbons (Fsp3) is 0.143. The third-order valence-corrected chi connectivity index (χ3v) is 2.61. The zero-order chi connectivity index (χ0) is 14.7. The molecule has 0 spiro atoms. The van der Waals surface area contributed by atoms with Gasteiger partial charge in [0, 0.05) is 12.6 Å². The summed E-state index contributed by atoms with van der Waals surface area (Å²) in [7, 11) is 1.53. The maximum atomic E-state index is 11.6. The molecule has 0 saturated heterocycles. The van der Waals surface area contributed by atoms with Crippen LogP contribution < -0.4 is 15.8 Å². The van der Waals surface area contributed by atoms with Crippen LogP contribution in [0.15, 0.2) is 34.7 Å². The van der Waals surface area contributed by atoms with Crippen LogP contribution >= 0.6 is 0 Å². The van der Waals surface area contributed by atoms with Gasteiger partial charge in [0.05, 0.1) is 12.7 Å². The molecule has 1 aromatic carbocycles. The zero-order valence-corrected chi connectivity index (χ0v) is 11.1. The summed E-state index contributed by atoms with van der Waals surface area (Å²) >= 11 is 0. The van der Waals surface area contributed by atoms with Crippen LogP contribution in [0.4, 0.5) is 5.69 Å². The Morgan fingerprint density at radius 2 is 2.00 bits per heavy atom. The van der Waals surface area contributed by atoms with Crippen molar-refractivity contribution in [1.82, 2.24) is 5.32 Å². The number of amides is 2. The Morgan fingerprint density at radius 3 is 2.65 bits per heavy atom. The second kappa shape index (κ2) is 5.48. The molecule has 0 unspecified atom stereocenters. The van der Waals surface area contributed by atoms with E-state index in [1.165, 1.54) is 20.1 Å². The van der Waals surface area contributed by atoms with Gasteiger partial charge in [-0.2, -0.15) is 0 Å². The highest BCUT2D eigenvalue weighted by Crippen LogP contribution is 2.32. The summed E-state index contributed by atoms with van der Waals surface area (Å²) in [6, 6.07) is 8.20. The van der Waals surface area contributed by atoms with E-state index in [-0.39, 0.29) is 5.76 Å². The summed E-state index contributed by atoms with van der Waals surface area (Å²) in [4.78, 5) is 22.5.